The third-order valence-corrected chi connectivity index (χ3v) is 4.46. The van der Waals surface area contributed by atoms with E-state index < -0.39 is 10.8 Å². The molecule has 2 aromatic rings. The van der Waals surface area contributed by atoms with Gasteiger partial charge in [0.05, 0.1) is 9.82 Å². The highest BCUT2D eigenvalue weighted by Crippen LogP contribution is 2.36. The molecule has 2 rings (SSSR count). The van der Waals surface area contributed by atoms with Gasteiger partial charge >= 0.3 is 0 Å². The predicted octanol–water partition coefficient (Wildman–Crippen LogP) is 4.14. The minimum atomic E-state index is -0.681. The first-order valence-corrected chi connectivity index (χ1v) is 7.87. The van der Waals surface area contributed by atoms with Crippen molar-refractivity contribution < 1.29 is 9.72 Å². The zero-order valence-electron chi connectivity index (χ0n) is 13.2. The van der Waals surface area contributed by atoms with E-state index in [-0.39, 0.29) is 16.7 Å². The van der Waals surface area contributed by atoms with Crippen LogP contribution in [0.15, 0.2) is 52.3 Å². The summed E-state index contributed by atoms with van der Waals surface area (Å²) in [4.78, 5) is 23.3. The molecule has 6 heteroatoms. The van der Waals surface area contributed by atoms with E-state index in [0.29, 0.717) is 4.90 Å². The lowest BCUT2D eigenvalue weighted by Gasteiger charge is -2.19. The molecule has 0 bridgehead atoms. The van der Waals surface area contributed by atoms with E-state index in [0.717, 1.165) is 4.90 Å². The van der Waals surface area contributed by atoms with Gasteiger partial charge in [-0.3, -0.25) is 14.9 Å². The molecular formula is C17H18N2O3S. The Morgan fingerprint density at radius 3 is 2.22 bits per heavy atom. The zero-order valence-corrected chi connectivity index (χ0v) is 14.0. The molecule has 0 aliphatic carbocycles. The third kappa shape index (κ3) is 4.10. The minimum absolute atomic E-state index is 0.0539. The number of hydrogen-bond donors (Lipinski definition) is 1. The molecule has 2 N–H and O–H groups in total. The monoisotopic (exact) mass is 330 g/mol. The van der Waals surface area contributed by atoms with Gasteiger partial charge in [-0.05, 0) is 35.2 Å². The van der Waals surface area contributed by atoms with Gasteiger partial charge < -0.3 is 5.73 Å². The van der Waals surface area contributed by atoms with Gasteiger partial charge in [0.2, 0.25) is 5.91 Å². The fourth-order valence-corrected chi connectivity index (χ4v) is 2.95. The number of rotatable bonds is 4. The molecule has 0 atom stereocenters. The van der Waals surface area contributed by atoms with E-state index in [1.807, 2.05) is 24.3 Å². The van der Waals surface area contributed by atoms with Gasteiger partial charge in [-0.15, -0.1) is 0 Å². The topological polar surface area (TPSA) is 86.2 Å². The Hall–Kier alpha value is -2.34. The van der Waals surface area contributed by atoms with Gasteiger partial charge in [0.1, 0.15) is 0 Å². The van der Waals surface area contributed by atoms with Crippen LogP contribution in [0.4, 0.5) is 5.69 Å². The first kappa shape index (κ1) is 17.0. The molecule has 0 saturated carbocycles. The Bertz CT molecular complexity index is 749. The van der Waals surface area contributed by atoms with Crippen molar-refractivity contribution in [3.05, 3.63) is 63.7 Å². The summed E-state index contributed by atoms with van der Waals surface area (Å²) in [5.74, 6) is -0.681. The summed E-state index contributed by atoms with van der Waals surface area (Å²) in [6.45, 7) is 6.38. The van der Waals surface area contributed by atoms with Crippen molar-refractivity contribution in [2.24, 2.45) is 5.73 Å². The SMILES string of the molecule is CC(C)(C)c1ccc(Sc2ccc(C(N)=O)cc2[N+](=O)[O-])cc1. The Balaban J connectivity index is 2.32. The van der Waals surface area contributed by atoms with Gasteiger partial charge in [0.25, 0.3) is 5.69 Å². The van der Waals surface area contributed by atoms with E-state index >= 15 is 0 Å². The van der Waals surface area contributed by atoms with Gasteiger partial charge in [-0.2, -0.15) is 0 Å². The fourth-order valence-electron chi connectivity index (χ4n) is 2.05. The van der Waals surface area contributed by atoms with E-state index in [1.54, 1.807) is 6.07 Å². The Kier molecular flexibility index (Phi) is 4.75. The van der Waals surface area contributed by atoms with Crippen LogP contribution in [0, 0.1) is 10.1 Å². The molecule has 0 aliphatic heterocycles. The highest BCUT2D eigenvalue weighted by molar-refractivity contribution is 7.99. The number of primary amides is 1. The number of nitro groups is 1. The maximum Gasteiger partial charge on any atom is 0.284 e. The molecule has 0 aliphatic rings. The van der Waals surface area contributed by atoms with Crippen LogP contribution in [-0.4, -0.2) is 10.8 Å². The summed E-state index contributed by atoms with van der Waals surface area (Å²) in [5.41, 5.74) is 6.43. The van der Waals surface area contributed by atoms with E-state index in [4.69, 9.17) is 5.73 Å². The average molecular weight is 330 g/mol. The minimum Gasteiger partial charge on any atom is -0.366 e. The molecule has 23 heavy (non-hydrogen) atoms. The van der Waals surface area contributed by atoms with Crippen molar-refractivity contribution in [2.45, 2.75) is 36.0 Å². The number of nitrogens with zero attached hydrogens (tertiary/aromatic N) is 1. The quantitative estimate of drug-likeness (QED) is 0.674. The van der Waals surface area contributed by atoms with Crippen molar-refractivity contribution in [3.63, 3.8) is 0 Å². The number of carbonyl (C=O) groups excluding carboxylic acids is 1. The van der Waals surface area contributed by atoms with Gasteiger partial charge in [-0.25, -0.2) is 0 Å². The van der Waals surface area contributed by atoms with E-state index in [9.17, 15) is 14.9 Å². The standard InChI is InChI=1S/C17H18N2O3S/c1-17(2,3)12-5-7-13(8-6-12)23-15-9-4-11(16(18)20)10-14(15)19(21)22/h4-10H,1-3H3,(H2,18,20). The lowest BCUT2D eigenvalue weighted by atomic mass is 9.87. The smallest absolute Gasteiger partial charge is 0.284 e. The summed E-state index contributed by atoms with van der Waals surface area (Å²) < 4.78 is 0. The number of carbonyl (C=O) groups is 1. The molecule has 0 aromatic heterocycles. The van der Waals surface area contributed by atoms with Crippen molar-refractivity contribution >= 4 is 23.4 Å². The lowest BCUT2D eigenvalue weighted by molar-refractivity contribution is -0.387. The molecule has 0 radical (unpaired) electrons. The van der Waals surface area contributed by atoms with Crippen molar-refractivity contribution in [2.75, 3.05) is 0 Å². The van der Waals surface area contributed by atoms with Gasteiger partial charge in [-0.1, -0.05) is 44.7 Å². The first-order chi connectivity index (χ1) is 10.7. The Morgan fingerprint density at radius 2 is 1.74 bits per heavy atom. The molecule has 0 saturated heterocycles. The van der Waals surface area contributed by atoms with Crippen LogP contribution in [0.5, 0.6) is 0 Å². The maximum absolute atomic E-state index is 11.2. The summed E-state index contributed by atoms with van der Waals surface area (Å²) in [7, 11) is 0. The molecule has 0 unspecified atom stereocenters. The highest BCUT2D eigenvalue weighted by atomic mass is 32.2. The highest BCUT2D eigenvalue weighted by Gasteiger charge is 2.18. The van der Waals surface area contributed by atoms with E-state index in [2.05, 4.69) is 20.8 Å². The molecule has 2 aromatic carbocycles. The number of hydrogen-bond acceptors (Lipinski definition) is 4. The molecule has 0 heterocycles. The van der Waals surface area contributed by atoms with E-state index in [1.165, 1.54) is 29.5 Å². The van der Waals surface area contributed by atoms with Crippen molar-refractivity contribution in [1.82, 2.24) is 0 Å². The number of benzene rings is 2. The number of nitro benzene ring substituents is 1. The third-order valence-electron chi connectivity index (χ3n) is 3.39. The normalized spacial score (nSPS) is 11.3. The largest absolute Gasteiger partial charge is 0.366 e. The fraction of sp³-hybridized carbons (Fsp3) is 0.235. The molecule has 120 valence electrons. The predicted molar refractivity (Wildman–Crippen MR) is 90.9 cm³/mol. The molecular weight excluding hydrogens is 312 g/mol. The molecule has 0 spiro atoms. The zero-order chi connectivity index (χ0) is 17.2. The molecule has 0 fully saturated rings. The van der Waals surface area contributed by atoms with Crippen LogP contribution in [0.25, 0.3) is 0 Å². The Morgan fingerprint density at radius 1 is 1.13 bits per heavy atom. The second-order valence-electron chi connectivity index (χ2n) is 6.18. The second-order valence-corrected chi connectivity index (χ2v) is 7.30. The molecule has 1 amide bonds. The Labute approximate surface area is 139 Å². The average Bonchev–Trinajstić information content (AvgIpc) is 2.46. The first-order valence-electron chi connectivity index (χ1n) is 7.05. The second kappa shape index (κ2) is 6.42. The maximum atomic E-state index is 11.2. The molecule has 5 nitrogen and oxygen atoms in total. The van der Waals surface area contributed by atoms with Crippen LogP contribution in [0.2, 0.25) is 0 Å². The van der Waals surface area contributed by atoms with Gasteiger partial charge in [0.15, 0.2) is 0 Å². The summed E-state index contributed by atoms with van der Waals surface area (Å²) in [5, 5.41) is 11.2. The number of amides is 1. The van der Waals surface area contributed by atoms with Crippen LogP contribution >= 0.6 is 11.8 Å². The van der Waals surface area contributed by atoms with Crippen molar-refractivity contribution in [1.29, 1.82) is 0 Å². The van der Waals surface area contributed by atoms with Crippen LogP contribution in [0.3, 0.4) is 0 Å². The lowest BCUT2D eigenvalue weighted by Crippen LogP contribution is -2.11. The van der Waals surface area contributed by atoms with Crippen molar-refractivity contribution in [3.8, 4) is 0 Å². The number of nitrogens with two attached hydrogens (primary N) is 1. The van der Waals surface area contributed by atoms with Crippen LogP contribution in [0.1, 0.15) is 36.7 Å². The summed E-state index contributed by atoms with van der Waals surface area (Å²) in [6, 6.07) is 12.2. The van der Waals surface area contributed by atoms with Crippen LogP contribution in [-0.2, 0) is 5.41 Å². The summed E-state index contributed by atoms with van der Waals surface area (Å²) >= 11 is 1.29. The van der Waals surface area contributed by atoms with Crippen LogP contribution < -0.4 is 5.73 Å². The summed E-state index contributed by atoms with van der Waals surface area (Å²) in [6.07, 6.45) is 0. The van der Waals surface area contributed by atoms with Gasteiger partial charge in [0, 0.05) is 16.5 Å².